The highest BCUT2D eigenvalue weighted by atomic mass is 16.4. The Hall–Kier alpha value is -2.04. The fourth-order valence-electron chi connectivity index (χ4n) is 4.03. The van der Waals surface area contributed by atoms with Gasteiger partial charge in [-0.05, 0) is 62.0 Å². The van der Waals surface area contributed by atoms with Crippen LogP contribution in [0.2, 0.25) is 0 Å². The van der Waals surface area contributed by atoms with Gasteiger partial charge in [-0.3, -0.25) is 4.79 Å². The molecule has 0 radical (unpaired) electrons. The van der Waals surface area contributed by atoms with Crippen LogP contribution in [0.3, 0.4) is 0 Å². The van der Waals surface area contributed by atoms with E-state index in [-0.39, 0.29) is 18.0 Å². The van der Waals surface area contributed by atoms with Crippen molar-refractivity contribution in [2.24, 2.45) is 5.92 Å². The number of aryl methyl sites for hydroxylation is 1. The van der Waals surface area contributed by atoms with Crippen LogP contribution in [-0.2, 0) is 11.2 Å². The third-order valence-electron chi connectivity index (χ3n) is 5.45. The van der Waals surface area contributed by atoms with E-state index in [1.165, 1.54) is 17.5 Å². The molecule has 2 aliphatic carbocycles. The number of hydrogen-bond acceptors (Lipinski definition) is 2. The second-order valence-electron chi connectivity index (χ2n) is 7.01. The number of carbonyl (C=O) groups excluding carboxylic acids is 1. The molecule has 1 aromatic rings. The minimum atomic E-state index is -0.713. The summed E-state index contributed by atoms with van der Waals surface area (Å²) < 4.78 is 0. The molecule has 1 aromatic carbocycles. The number of carbonyl (C=O) groups is 2. The van der Waals surface area contributed by atoms with Gasteiger partial charge in [0, 0.05) is 12.6 Å². The highest BCUT2D eigenvalue weighted by molar-refractivity contribution is 5.74. The third kappa shape index (κ3) is 4.08. The van der Waals surface area contributed by atoms with Gasteiger partial charge in [0.25, 0.3) is 0 Å². The van der Waals surface area contributed by atoms with Gasteiger partial charge in [-0.2, -0.15) is 0 Å². The first-order valence-corrected chi connectivity index (χ1v) is 8.98. The Morgan fingerprint density at radius 3 is 2.58 bits per heavy atom. The summed E-state index contributed by atoms with van der Waals surface area (Å²) in [5, 5.41) is 14.9. The minimum Gasteiger partial charge on any atom is -0.481 e. The van der Waals surface area contributed by atoms with Gasteiger partial charge in [-0.25, -0.2) is 4.79 Å². The molecule has 0 heterocycles. The molecule has 2 amide bonds. The number of rotatable bonds is 5. The molecule has 1 unspecified atom stereocenters. The topological polar surface area (TPSA) is 78.4 Å². The van der Waals surface area contributed by atoms with Gasteiger partial charge in [-0.15, -0.1) is 0 Å². The Labute approximate surface area is 142 Å². The van der Waals surface area contributed by atoms with Gasteiger partial charge in [0.1, 0.15) is 0 Å². The predicted molar refractivity (Wildman–Crippen MR) is 92.0 cm³/mol. The fourth-order valence-corrected chi connectivity index (χ4v) is 4.03. The molecule has 5 heteroatoms. The molecular weight excluding hydrogens is 304 g/mol. The predicted octanol–water partition coefficient (Wildman–Crippen LogP) is 3.05. The number of fused-ring (bicyclic) bond motifs is 1. The van der Waals surface area contributed by atoms with Crippen LogP contribution in [0.4, 0.5) is 4.79 Å². The van der Waals surface area contributed by atoms with Crippen molar-refractivity contribution in [3.8, 4) is 0 Å². The lowest BCUT2D eigenvalue weighted by atomic mass is 9.86. The van der Waals surface area contributed by atoms with Crippen LogP contribution < -0.4 is 10.6 Å². The van der Waals surface area contributed by atoms with Crippen molar-refractivity contribution >= 4 is 12.0 Å². The molecule has 0 saturated heterocycles. The van der Waals surface area contributed by atoms with E-state index < -0.39 is 5.97 Å². The molecular formula is C19H26N2O3. The lowest BCUT2D eigenvalue weighted by Crippen LogP contribution is -2.44. The lowest BCUT2D eigenvalue weighted by Gasteiger charge is -2.26. The van der Waals surface area contributed by atoms with Crippen LogP contribution in [0.15, 0.2) is 24.3 Å². The maximum atomic E-state index is 12.0. The smallest absolute Gasteiger partial charge is 0.315 e. The summed E-state index contributed by atoms with van der Waals surface area (Å²) in [5.41, 5.74) is 2.88. The van der Waals surface area contributed by atoms with Crippen molar-refractivity contribution < 1.29 is 14.7 Å². The van der Waals surface area contributed by atoms with Crippen LogP contribution in [0, 0.1) is 5.92 Å². The maximum Gasteiger partial charge on any atom is 0.315 e. The molecule has 0 bridgehead atoms. The molecule has 1 saturated carbocycles. The van der Waals surface area contributed by atoms with E-state index in [9.17, 15) is 9.59 Å². The van der Waals surface area contributed by atoms with Crippen molar-refractivity contribution in [2.75, 3.05) is 6.54 Å². The van der Waals surface area contributed by atoms with Crippen LogP contribution in [0.1, 0.15) is 55.6 Å². The second-order valence-corrected chi connectivity index (χ2v) is 7.01. The summed E-state index contributed by atoms with van der Waals surface area (Å²) in [6.45, 7) is 0.676. The first-order valence-electron chi connectivity index (χ1n) is 8.98. The zero-order chi connectivity index (χ0) is 16.9. The molecule has 130 valence electrons. The van der Waals surface area contributed by atoms with Crippen LogP contribution in [-0.4, -0.2) is 29.7 Å². The first kappa shape index (κ1) is 16.8. The lowest BCUT2D eigenvalue weighted by molar-refractivity contribution is -0.142. The Morgan fingerprint density at radius 2 is 1.83 bits per heavy atom. The van der Waals surface area contributed by atoms with Gasteiger partial charge in [0.15, 0.2) is 0 Å². The number of hydrogen-bond donors (Lipinski definition) is 3. The number of benzene rings is 1. The van der Waals surface area contributed by atoms with Gasteiger partial charge < -0.3 is 15.7 Å². The molecule has 0 aromatic heterocycles. The highest BCUT2D eigenvalue weighted by Gasteiger charge is 2.27. The van der Waals surface area contributed by atoms with Crippen molar-refractivity contribution in [1.29, 1.82) is 0 Å². The van der Waals surface area contributed by atoms with Crippen molar-refractivity contribution in [2.45, 2.75) is 56.9 Å². The van der Waals surface area contributed by atoms with Crippen molar-refractivity contribution in [3.63, 3.8) is 0 Å². The quantitative estimate of drug-likeness (QED) is 0.776. The summed E-state index contributed by atoms with van der Waals surface area (Å²) in [6.07, 6.45) is 6.08. The normalized spacial score (nSPS) is 25.8. The van der Waals surface area contributed by atoms with Crippen LogP contribution in [0.25, 0.3) is 0 Å². The summed E-state index contributed by atoms with van der Waals surface area (Å²) in [7, 11) is 0. The zero-order valence-corrected chi connectivity index (χ0v) is 14.0. The number of aliphatic carboxylic acids is 1. The molecule has 3 rings (SSSR count). The Morgan fingerprint density at radius 1 is 1.08 bits per heavy atom. The van der Waals surface area contributed by atoms with Crippen LogP contribution >= 0.6 is 0 Å². The molecule has 3 N–H and O–H groups in total. The van der Waals surface area contributed by atoms with E-state index >= 15 is 0 Å². The fraction of sp³-hybridized carbons (Fsp3) is 0.579. The molecule has 5 nitrogen and oxygen atoms in total. The SMILES string of the molecule is O=C(NCCC1CCc2ccccc21)NC1CCC(C(=O)O)CC1. The van der Waals surface area contributed by atoms with E-state index in [1.807, 2.05) is 0 Å². The average Bonchev–Trinajstić information content (AvgIpc) is 2.99. The largest absolute Gasteiger partial charge is 0.481 e. The third-order valence-corrected chi connectivity index (χ3v) is 5.45. The van der Waals surface area contributed by atoms with Crippen molar-refractivity contribution in [3.05, 3.63) is 35.4 Å². The molecule has 1 atom stereocenters. The van der Waals surface area contributed by atoms with Gasteiger partial charge in [-0.1, -0.05) is 24.3 Å². The summed E-state index contributed by atoms with van der Waals surface area (Å²) in [4.78, 5) is 22.9. The second kappa shape index (κ2) is 7.69. The van der Waals surface area contributed by atoms with Crippen LogP contribution in [0.5, 0.6) is 0 Å². The molecule has 0 spiro atoms. The van der Waals surface area contributed by atoms with E-state index in [2.05, 4.69) is 34.9 Å². The Balaban J connectivity index is 1.36. The Bertz CT molecular complexity index is 594. The molecule has 0 aliphatic heterocycles. The minimum absolute atomic E-state index is 0.104. The van der Waals surface area contributed by atoms with E-state index in [1.54, 1.807) is 0 Å². The standard InChI is InChI=1S/C19H26N2O3/c22-18(23)15-7-9-16(10-8-15)21-19(24)20-12-11-14-6-5-13-3-1-2-4-17(13)14/h1-4,14-16H,5-12H2,(H,22,23)(H2,20,21,24). The number of nitrogens with one attached hydrogen (secondary N) is 2. The highest BCUT2D eigenvalue weighted by Crippen LogP contribution is 2.34. The maximum absolute atomic E-state index is 12.0. The van der Waals surface area contributed by atoms with Gasteiger partial charge in [0.05, 0.1) is 5.92 Å². The number of carboxylic acids is 1. The molecule has 1 fully saturated rings. The summed E-state index contributed by atoms with van der Waals surface area (Å²) in [5.74, 6) is -0.407. The average molecular weight is 330 g/mol. The zero-order valence-electron chi connectivity index (χ0n) is 14.0. The van der Waals surface area contributed by atoms with E-state index in [0.29, 0.717) is 25.3 Å². The molecule has 24 heavy (non-hydrogen) atoms. The number of amides is 2. The van der Waals surface area contributed by atoms with Crippen molar-refractivity contribution in [1.82, 2.24) is 10.6 Å². The number of carboxylic acid groups (broad SMARTS) is 1. The monoisotopic (exact) mass is 330 g/mol. The summed E-state index contributed by atoms with van der Waals surface area (Å²) in [6, 6.07) is 8.56. The Kier molecular flexibility index (Phi) is 5.38. The van der Waals surface area contributed by atoms with E-state index in [4.69, 9.17) is 5.11 Å². The summed E-state index contributed by atoms with van der Waals surface area (Å²) >= 11 is 0. The van der Waals surface area contributed by atoms with Gasteiger partial charge >= 0.3 is 12.0 Å². The van der Waals surface area contributed by atoms with Gasteiger partial charge in [0.2, 0.25) is 0 Å². The number of urea groups is 1. The van der Waals surface area contributed by atoms with E-state index in [0.717, 1.165) is 25.7 Å². The molecule has 2 aliphatic rings. The first-order chi connectivity index (χ1) is 11.6.